The van der Waals surface area contributed by atoms with Crippen LogP contribution in [0.4, 0.5) is 0 Å². The molecule has 0 aliphatic heterocycles. The van der Waals surface area contributed by atoms with Crippen LogP contribution in [0.3, 0.4) is 0 Å². The SMILES string of the molecule is N#CC(C#N)=C1C(c2ccc(C#N)cc2)=C2c3cccc4cc5ccccc5c(c34)C2C1c1ccc(C#N)cc1. The van der Waals surface area contributed by atoms with Crippen LogP contribution in [-0.2, 0) is 0 Å². The number of rotatable bonds is 2. The Kier molecular flexibility index (Phi) is 5.12. The molecule has 4 heteroatoms. The molecule has 5 aromatic carbocycles. The summed E-state index contributed by atoms with van der Waals surface area (Å²) < 4.78 is 0. The summed E-state index contributed by atoms with van der Waals surface area (Å²) in [5, 5.41) is 44.0. The van der Waals surface area contributed by atoms with E-state index in [9.17, 15) is 21.0 Å². The number of nitrogens with zero attached hydrogens (tertiary/aromatic N) is 4. The van der Waals surface area contributed by atoms with Crippen LogP contribution in [0.2, 0.25) is 0 Å². The highest BCUT2D eigenvalue weighted by Crippen LogP contribution is 2.65. The highest BCUT2D eigenvalue weighted by molar-refractivity contribution is 6.20. The lowest BCUT2D eigenvalue weighted by Crippen LogP contribution is -2.09. The first-order valence-corrected chi connectivity index (χ1v) is 12.9. The van der Waals surface area contributed by atoms with Crippen LogP contribution >= 0.6 is 0 Å². The van der Waals surface area contributed by atoms with Crippen LogP contribution in [0.5, 0.6) is 0 Å². The highest BCUT2D eigenvalue weighted by atomic mass is 14.5. The Morgan fingerprint density at radius 3 is 1.95 bits per heavy atom. The van der Waals surface area contributed by atoms with Gasteiger partial charge in [-0.3, -0.25) is 0 Å². The summed E-state index contributed by atoms with van der Waals surface area (Å²) in [7, 11) is 0. The predicted molar refractivity (Wildman–Crippen MR) is 154 cm³/mol. The summed E-state index contributed by atoms with van der Waals surface area (Å²) in [5.41, 5.74) is 7.93. The molecule has 0 saturated heterocycles. The van der Waals surface area contributed by atoms with Crippen LogP contribution in [0.25, 0.3) is 32.7 Å². The lowest BCUT2D eigenvalue weighted by atomic mass is 9.77. The van der Waals surface area contributed by atoms with E-state index >= 15 is 0 Å². The van der Waals surface area contributed by atoms with Gasteiger partial charge >= 0.3 is 0 Å². The van der Waals surface area contributed by atoms with Crippen LogP contribution in [0.1, 0.15) is 45.2 Å². The quantitative estimate of drug-likeness (QED) is 0.180. The molecule has 0 heterocycles. The zero-order valence-corrected chi connectivity index (χ0v) is 21.2. The Labute approximate surface area is 231 Å². The molecule has 0 amide bonds. The second-order valence-electron chi connectivity index (χ2n) is 10.1. The van der Waals surface area contributed by atoms with E-state index in [1.54, 1.807) is 24.3 Å². The molecular weight excluding hydrogens is 488 g/mol. The fourth-order valence-corrected chi connectivity index (χ4v) is 6.68. The Bertz CT molecular complexity index is 2120. The topological polar surface area (TPSA) is 95.2 Å². The molecule has 2 unspecified atom stereocenters. The molecular formula is C36H18N4. The van der Waals surface area contributed by atoms with Crippen molar-refractivity contribution in [3.8, 4) is 24.3 Å². The fourth-order valence-electron chi connectivity index (χ4n) is 6.68. The van der Waals surface area contributed by atoms with E-state index in [0.29, 0.717) is 16.7 Å². The molecule has 0 aromatic heterocycles. The molecule has 0 bridgehead atoms. The third-order valence-corrected chi connectivity index (χ3v) is 8.22. The lowest BCUT2D eigenvalue weighted by Gasteiger charge is -2.24. The van der Waals surface area contributed by atoms with Gasteiger partial charge in [-0.05, 0) is 90.8 Å². The average Bonchev–Trinajstić information content (AvgIpc) is 3.52. The minimum atomic E-state index is -0.316. The third kappa shape index (κ3) is 3.15. The molecule has 4 nitrogen and oxygen atoms in total. The van der Waals surface area contributed by atoms with Gasteiger partial charge in [0.15, 0.2) is 0 Å². The number of allylic oxidation sites excluding steroid dienone is 4. The van der Waals surface area contributed by atoms with Gasteiger partial charge in [-0.15, -0.1) is 0 Å². The third-order valence-electron chi connectivity index (χ3n) is 8.22. The van der Waals surface area contributed by atoms with Crippen molar-refractivity contribution in [3.05, 3.63) is 142 Å². The van der Waals surface area contributed by atoms with Crippen molar-refractivity contribution in [2.75, 3.05) is 0 Å². The maximum absolute atomic E-state index is 10.2. The van der Waals surface area contributed by atoms with Gasteiger partial charge in [0.25, 0.3) is 0 Å². The summed E-state index contributed by atoms with van der Waals surface area (Å²) in [4.78, 5) is 0. The van der Waals surface area contributed by atoms with Gasteiger partial charge in [-0.2, -0.15) is 21.0 Å². The van der Waals surface area contributed by atoms with E-state index in [0.717, 1.165) is 44.0 Å². The van der Waals surface area contributed by atoms with Crippen molar-refractivity contribution in [2.24, 2.45) is 0 Å². The highest BCUT2D eigenvalue weighted by Gasteiger charge is 2.48. The van der Waals surface area contributed by atoms with Crippen molar-refractivity contribution in [3.63, 3.8) is 0 Å². The smallest absolute Gasteiger partial charge is 0.134 e. The van der Waals surface area contributed by atoms with Gasteiger partial charge in [-0.25, -0.2) is 0 Å². The summed E-state index contributed by atoms with van der Waals surface area (Å²) in [6, 6.07) is 40.6. The van der Waals surface area contributed by atoms with Crippen molar-refractivity contribution >= 4 is 32.7 Å². The second kappa shape index (κ2) is 8.82. The molecule has 5 aromatic rings. The molecule has 7 rings (SSSR count). The lowest BCUT2D eigenvalue weighted by molar-refractivity contribution is 0.772. The fraction of sp³-hybridized carbons (Fsp3) is 0.0556. The Hall–Kier alpha value is -5.94. The van der Waals surface area contributed by atoms with Gasteiger partial charge in [-0.1, -0.05) is 66.7 Å². The van der Waals surface area contributed by atoms with Crippen molar-refractivity contribution in [1.29, 1.82) is 21.0 Å². The molecule has 0 spiro atoms. The molecule has 0 N–H and O–H groups in total. The second-order valence-corrected chi connectivity index (χ2v) is 10.1. The van der Waals surface area contributed by atoms with Crippen LogP contribution in [-0.4, -0.2) is 0 Å². The average molecular weight is 507 g/mol. The minimum absolute atomic E-state index is 0.0737. The van der Waals surface area contributed by atoms with Crippen molar-refractivity contribution < 1.29 is 0 Å². The van der Waals surface area contributed by atoms with Crippen LogP contribution < -0.4 is 0 Å². The van der Waals surface area contributed by atoms with E-state index < -0.39 is 0 Å². The van der Waals surface area contributed by atoms with Gasteiger partial charge in [0.1, 0.15) is 17.7 Å². The van der Waals surface area contributed by atoms with Gasteiger partial charge in [0.2, 0.25) is 0 Å². The maximum Gasteiger partial charge on any atom is 0.134 e. The number of fused-ring (bicyclic) bond motifs is 5. The molecule has 2 atom stereocenters. The number of nitriles is 4. The van der Waals surface area contributed by atoms with E-state index in [2.05, 4.69) is 66.7 Å². The summed E-state index contributed by atoms with van der Waals surface area (Å²) in [6.07, 6.45) is 0. The van der Waals surface area contributed by atoms with Crippen LogP contribution in [0, 0.1) is 45.3 Å². The van der Waals surface area contributed by atoms with Crippen molar-refractivity contribution in [1.82, 2.24) is 0 Å². The standard InChI is InChI=1S/C36H18N4/c37-17-21-8-12-23(13-9-21)31-33(27(19-39)20-40)32(24-14-10-22(18-38)11-15-24)36-34-28-6-2-1-4-25(28)16-26-5-3-7-29(30(26)34)35(31)36/h1-16,32,36H. The first-order valence-electron chi connectivity index (χ1n) is 12.9. The molecule has 2 aliphatic rings. The number of benzene rings is 5. The minimum Gasteiger partial charge on any atom is -0.192 e. The summed E-state index contributed by atoms with van der Waals surface area (Å²) in [5.74, 6) is -0.458. The Morgan fingerprint density at radius 2 is 1.27 bits per heavy atom. The zero-order chi connectivity index (χ0) is 27.4. The molecule has 40 heavy (non-hydrogen) atoms. The molecule has 182 valence electrons. The van der Waals surface area contributed by atoms with Gasteiger partial charge in [0, 0.05) is 11.8 Å². The van der Waals surface area contributed by atoms with Gasteiger partial charge < -0.3 is 0 Å². The predicted octanol–water partition coefficient (Wildman–Crippen LogP) is 7.89. The monoisotopic (exact) mass is 506 g/mol. The maximum atomic E-state index is 10.2. The zero-order valence-electron chi connectivity index (χ0n) is 21.2. The normalized spacial score (nSPS) is 16.8. The van der Waals surface area contributed by atoms with E-state index in [1.165, 1.54) is 10.9 Å². The molecule has 2 aliphatic carbocycles. The van der Waals surface area contributed by atoms with E-state index in [1.807, 2.05) is 30.3 Å². The van der Waals surface area contributed by atoms with Crippen LogP contribution in [0.15, 0.2) is 108 Å². The summed E-state index contributed by atoms with van der Waals surface area (Å²) in [6.45, 7) is 0. The molecule has 0 saturated carbocycles. The first-order chi connectivity index (χ1) is 19.7. The number of hydrogen-bond donors (Lipinski definition) is 0. The van der Waals surface area contributed by atoms with Gasteiger partial charge in [0.05, 0.1) is 23.3 Å². The number of hydrogen-bond acceptors (Lipinski definition) is 4. The van der Waals surface area contributed by atoms with Crippen molar-refractivity contribution in [2.45, 2.75) is 11.8 Å². The Balaban J connectivity index is 1.66. The van der Waals surface area contributed by atoms with E-state index in [4.69, 9.17) is 0 Å². The first kappa shape index (κ1) is 23.2. The van der Waals surface area contributed by atoms with E-state index in [-0.39, 0.29) is 17.4 Å². The Morgan fingerprint density at radius 1 is 0.625 bits per heavy atom. The summed E-state index contributed by atoms with van der Waals surface area (Å²) >= 11 is 0. The largest absolute Gasteiger partial charge is 0.192 e. The molecule has 0 fully saturated rings. The molecule has 0 radical (unpaired) electrons.